The second-order valence-corrected chi connectivity index (χ2v) is 5.07. The molecule has 0 bridgehead atoms. The van der Waals surface area contributed by atoms with Crippen LogP contribution in [0.1, 0.15) is 23.0 Å². The SMILES string of the molecule is CCc1cnc(NC(=O)NC(=O)c2c(Cl)cccc2Cl)cn1. The van der Waals surface area contributed by atoms with Crippen molar-refractivity contribution in [1.82, 2.24) is 15.3 Å². The van der Waals surface area contributed by atoms with Gasteiger partial charge in [0.05, 0.1) is 33.7 Å². The summed E-state index contributed by atoms with van der Waals surface area (Å²) in [5.41, 5.74) is 0.832. The van der Waals surface area contributed by atoms with E-state index < -0.39 is 11.9 Å². The topological polar surface area (TPSA) is 84.0 Å². The number of imide groups is 1. The fourth-order valence-electron chi connectivity index (χ4n) is 1.63. The molecule has 2 N–H and O–H groups in total. The molecule has 1 heterocycles. The number of anilines is 1. The van der Waals surface area contributed by atoms with Crippen molar-refractivity contribution < 1.29 is 9.59 Å². The number of nitrogens with one attached hydrogen (secondary N) is 2. The molecule has 0 saturated carbocycles. The van der Waals surface area contributed by atoms with E-state index in [0.29, 0.717) is 0 Å². The number of aromatic nitrogens is 2. The largest absolute Gasteiger partial charge is 0.327 e. The second-order valence-electron chi connectivity index (χ2n) is 4.25. The van der Waals surface area contributed by atoms with Gasteiger partial charge in [-0.2, -0.15) is 0 Å². The molecule has 2 rings (SSSR count). The molecule has 22 heavy (non-hydrogen) atoms. The van der Waals surface area contributed by atoms with E-state index in [4.69, 9.17) is 23.2 Å². The van der Waals surface area contributed by atoms with Gasteiger partial charge < -0.3 is 0 Å². The predicted octanol–water partition coefficient (Wildman–Crippen LogP) is 3.31. The third kappa shape index (κ3) is 3.93. The highest BCUT2D eigenvalue weighted by atomic mass is 35.5. The maximum Gasteiger partial charge on any atom is 0.327 e. The maximum atomic E-state index is 12.0. The number of hydrogen-bond acceptors (Lipinski definition) is 4. The minimum atomic E-state index is -0.750. The van der Waals surface area contributed by atoms with Crippen LogP contribution < -0.4 is 10.6 Å². The number of carbonyl (C=O) groups is 2. The third-order valence-corrected chi connectivity index (χ3v) is 3.36. The lowest BCUT2D eigenvalue weighted by atomic mass is 10.2. The van der Waals surface area contributed by atoms with Gasteiger partial charge in [0.15, 0.2) is 5.82 Å². The highest BCUT2D eigenvalue weighted by Gasteiger charge is 2.17. The van der Waals surface area contributed by atoms with E-state index in [2.05, 4.69) is 20.6 Å². The first-order chi connectivity index (χ1) is 10.5. The van der Waals surface area contributed by atoms with E-state index in [1.54, 1.807) is 12.3 Å². The molecule has 0 aliphatic rings. The average molecular weight is 339 g/mol. The summed E-state index contributed by atoms with van der Waals surface area (Å²) in [6.45, 7) is 1.94. The summed E-state index contributed by atoms with van der Waals surface area (Å²) >= 11 is 11.8. The molecule has 1 aromatic carbocycles. The Morgan fingerprint density at radius 3 is 2.36 bits per heavy atom. The Balaban J connectivity index is 2.03. The van der Waals surface area contributed by atoms with Gasteiger partial charge in [-0.1, -0.05) is 36.2 Å². The van der Waals surface area contributed by atoms with Crippen LogP contribution in [0, 0.1) is 0 Å². The van der Waals surface area contributed by atoms with E-state index >= 15 is 0 Å². The lowest BCUT2D eigenvalue weighted by molar-refractivity contribution is 0.0967. The molecule has 0 saturated heterocycles. The Labute approximate surface area is 136 Å². The Hall–Kier alpha value is -2.18. The van der Waals surface area contributed by atoms with Crippen molar-refractivity contribution in [3.63, 3.8) is 0 Å². The molecule has 0 atom stereocenters. The van der Waals surface area contributed by atoms with E-state index in [1.165, 1.54) is 18.3 Å². The van der Waals surface area contributed by atoms with Crippen molar-refractivity contribution in [1.29, 1.82) is 0 Å². The summed E-state index contributed by atoms with van der Waals surface area (Å²) in [6.07, 6.45) is 3.69. The molecule has 0 aliphatic carbocycles. The standard InChI is InChI=1S/C14H12Cl2N4O2/c1-2-8-6-18-11(7-17-8)19-14(22)20-13(21)12-9(15)4-3-5-10(12)16/h3-7H,2H2,1H3,(H2,18,19,20,21,22). The number of hydrogen-bond donors (Lipinski definition) is 2. The number of amides is 3. The lowest BCUT2D eigenvalue weighted by Crippen LogP contribution is -2.35. The smallest absolute Gasteiger partial charge is 0.291 e. The monoisotopic (exact) mass is 338 g/mol. The third-order valence-electron chi connectivity index (χ3n) is 2.73. The average Bonchev–Trinajstić information content (AvgIpc) is 2.47. The van der Waals surface area contributed by atoms with Gasteiger partial charge in [0.1, 0.15) is 0 Å². The van der Waals surface area contributed by atoms with Gasteiger partial charge in [-0.25, -0.2) is 9.78 Å². The van der Waals surface area contributed by atoms with Crippen molar-refractivity contribution in [3.05, 3.63) is 51.9 Å². The van der Waals surface area contributed by atoms with Crippen LogP contribution in [-0.2, 0) is 6.42 Å². The van der Waals surface area contributed by atoms with Gasteiger partial charge in [-0.15, -0.1) is 0 Å². The number of rotatable bonds is 3. The fraction of sp³-hybridized carbons (Fsp3) is 0.143. The molecule has 114 valence electrons. The van der Waals surface area contributed by atoms with Crippen LogP contribution >= 0.6 is 23.2 Å². The number of carbonyl (C=O) groups excluding carboxylic acids is 2. The summed E-state index contributed by atoms with van der Waals surface area (Å²) in [7, 11) is 0. The van der Waals surface area contributed by atoms with Gasteiger partial charge in [-0.05, 0) is 18.6 Å². The zero-order chi connectivity index (χ0) is 16.1. The van der Waals surface area contributed by atoms with Gasteiger partial charge >= 0.3 is 6.03 Å². The Morgan fingerprint density at radius 2 is 1.82 bits per heavy atom. The number of urea groups is 1. The summed E-state index contributed by atoms with van der Waals surface area (Å²) < 4.78 is 0. The van der Waals surface area contributed by atoms with Crippen LogP contribution in [0.5, 0.6) is 0 Å². The highest BCUT2D eigenvalue weighted by molar-refractivity contribution is 6.40. The molecule has 6 nitrogen and oxygen atoms in total. The molecule has 1 aromatic heterocycles. The summed E-state index contributed by atoms with van der Waals surface area (Å²) in [5.74, 6) is -0.473. The van der Waals surface area contributed by atoms with E-state index in [1.807, 2.05) is 6.92 Å². The zero-order valence-corrected chi connectivity index (χ0v) is 13.1. The zero-order valence-electron chi connectivity index (χ0n) is 11.6. The fourth-order valence-corrected chi connectivity index (χ4v) is 2.20. The molecule has 0 unspecified atom stereocenters. The first-order valence-corrected chi connectivity index (χ1v) is 7.14. The van der Waals surface area contributed by atoms with Gasteiger partial charge in [-0.3, -0.25) is 20.4 Å². The normalized spacial score (nSPS) is 10.1. The van der Waals surface area contributed by atoms with Crippen molar-refractivity contribution in [2.24, 2.45) is 0 Å². The molecule has 0 fully saturated rings. The van der Waals surface area contributed by atoms with Crippen molar-refractivity contribution >= 4 is 41.0 Å². The molecular formula is C14H12Cl2N4O2. The molecule has 0 spiro atoms. The van der Waals surface area contributed by atoms with Gasteiger partial charge in [0.2, 0.25) is 0 Å². The summed E-state index contributed by atoms with van der Waals surface area (Å²) in [4.78, 5) is 31.9. The van der Waals surface area contributed by atoms with E-state index in [0.717, 1.165) is 12.1 Å². The first kappa shape index (κ1) is 16.2. The van der Waals surface area contributed by atoms with Crippen LogP contribution in [-0.4, -0.2) is 21.9 Å². The molecule has 2 aromatic rings. The summed E-state index contributed by atoms with van der Waals surface area (Å²) in [6, 6.07) is 3.87. The first-order valence-electron chi connectivity index (χ1n) is 6.38. The number of benzene rings is 1. The predicted molar refractivity (Wildman–Crippen MR) is 84.4 cm³/mol. The van der Waals surface area contributed by atoms with E-state index in [-0.39, 0.29) is 21.4 Å². The summed E-state index contributed by atoms with van der Waals surface area (Å²) in [5, 5.41) is 4.85. The van der Waals surface area contributed by atoms with Gasteiger partial charge in [0.25, 0.3) is 5.91 Å². The van der Waals surface area contributed by atoms with Crippen molar-refractivity contribution in [2.45, 2.75) is 13.3 Å². The van der Waals surface area contributed by atoms with Crippen LogP contribution in [0.25, 0.3) is 0 Å². The van der Waals surface area contributed by atoms with Crippen LogP contribution in [0.4, 0.5) is 10.6 Å². The van der Waals surface area contributed by atoms with Crippen molar-refractivity contribution in [3.8, 4) is 0 Å². The van der Waals surface area contributed by atoms with Crippen LogP contribution in [0.2, 0.25) is 10.0 Å². The van der Waals surface area contributed by atoms with Gasteiger partial charge in [0, 0.05) is 0 Å². The van der Waals surface area contributed by atoms with Crippen molar-refractivity contribution in [2.75, 3.05) is 5.32 Å². The Bertz CT molecular complexity index is 684. The second kappa shape index (κ2) is 7.20. The number of aryl methyl sites for hydroxylation is 1. The minimum absolute atomic E-state index is 0.0356. The van der Waals surface area contributed by atoms with Crippen LogP contribution in [0.15, 0.2) is 30.6 Å². The lowest BCUT2D eigenvalue weighted by Gasteiger charge is -2.08. The van der Waals surface area contributed by atoms with E-state index in [9.17, 15) is 9.59 Å². The number of nitrogens with zero attached hydrogens (tertiary/aromatic N) is 2. The highest BCUT2D eigenvalue weighted by Crippen LogP contribution is 2.23. The molecule has 3 amide bonds. The molecule has 0 radical (unpaired) electrons. The van der Waals surface area contributed by atoms with Crippen LogP contribution in [0.3, 0.4) is 0 Å². The minimum Gasteiger partial charge on any atom is -0.291 e. The quantitative estimate of drug-likeness (QED) is 0.899. The number of halogens is 2. The Morgan fingerprint density at radius 1 is 1.14 bits per heavy atom. The molecule has 0 aliphatic heterocycles. The molecular weight excluding hydrogens is 327 g/mol. The maximum absolute atomic E-state index is 12.0. The molecule has 8 heteroatoms. The Kier molecular flexibility index (Phi) is 5.30.